The monoisotopic (exact) mass is 298 g/mol. The van der Waals surface area contributed by atoms with Crippen LogP contribution in [0.2, 0.25) is 0 Å². The smallest absolute Gasteiger partial charge is 0.251 e. The predicted molar refractivity (Wildman–Crippen MR) is 81.6 cm³/mol. The highest BCUT2D eigenvalue weighted by Gasteiger charge is 2.14. The van der Waals surface area contributed by atoms with Crippen LogP contribution in [0.5, 0.6) is 0 Å². The normalized spacial score (nSPS) is 10.5. The standard InChI is InChI=1S/C16H24F2N2O/c1-3-5-6-7-9-20-16(21)12-10-13(17)15(14(18)11-12)19-8-4-2/h10-11,19H,3-9H2,1-2H3,(H,20,21). The maximum absolute atomic E-state index is 13.8. The molecular formula is C16H24F2N2O. The number of anilines is 1. The second kappa shape index (κ2) is 9.32. The summed E-state index contributed by atoms with van der Waals surface area (Å²) in [6.07, 6.45) is 4.92. The molecule has 1 amide bonds. The van der Waals surface area contributed by atoms with E-state index in [9.17, 15) is 13.6 Å². The van der Waals surface area contributed by atoms with Gasteiger partial charge in [-0.05, 0) is 25.0 Å². The number of carbonyl (C=O) groups excluding carboxylic acids is 1. The van der Waals surface area contributed by atoms with Gasteiger partial charge in [-0.25, -0.2) is 8.78 Å². The lowest BCUT2D eigenvalue weighted by Gasteiger charge is -2.10. The van der Waals surface area contributed by atoms with E-state index in [2.05, 4.69) is 17.6 Å². The molecule has 0 saturated heterocycles. The fourth-order valence-electron chi connectivity index (χ4n) is 1.98. The van der Waals surface area contributed by atoms with Crippen molar-refractivity contribution >= 4 is 11.6 Å². The molecule has 0 heterocycles. The van der Waals surface area contributed by atoms with Crippen molar-refractivity contribution in [3.05, 3.63) is 29.3 Å². The van der Waals surface area contributed by atoms with E-state index in [0.717, 1.165) is 44.2 Å². The number of nitrogens with one attached hydrogen (secondary N) is 2. The number of amides is 1. The van der Waals surface area contributed by atoms with Crippen LogP contribution in [0, 0.1) is 11.6 Å². The lowest BCUT2D eigenvalue weighted by atomic mass is 10.1. The van der Waals surface area contributed by atoms with Crippen molar-refractivity contribution in [2.75, 3.05) is 18.4 Å². The Labute approximate surface area is 125 Å². The van der Waals surface area contributed by atoms with Gasteiger partial charge in [-0.3, -0.25) is 4.79 Å². The van der Waals surface area contributed by atoms with Crippen molar-refractivity contribution in [3.63, 3.8) is 0 Å². The minimum Gasteiger partial charge on any atom is -0.380 e. The molecule has 0 bridgehead atoms. The summed E-state index contributed by atoms with van der Waals surface area (Å²) in [4.78, 5) is 11.8. The topological polar surface area (TPSA) is 41.1 Å². The average molecular weight is 298 g/mol. The maximum Gasteiger partial charge on any atom is 0.251 e. The Bertz CT molecular complexity index is 441. The van der Waals surface area contributed by atoms with Gasteiger partial charge in [-0.1, -0.05) is 33.1 Å². The highest BCUT2D eigenvalue weighted by molar-refractivity contribution is 5.94. The molecule has 0 spiro atoms. The van der Waals surface area contributed by atoms with Gasteiger partial charge in [0.1, 0.15) is 17.3 Å². The highest BCUT2D eigenvalue weighted by atomic mass is 19.1. The molecule has 5 heteroatoms. The summed E-state index contributed by atoms with van der Waals surface area (Å²) in [5.41, 5.74) is -0.154. The van der Waals surface area contributed by atoms with Crippen LogP contribution in [0.25, 0.3) is 0 Å². The molecule has 0 saturated carbocycles. The van der Waals surface area contributed by atoms with Crippen LogP contribution in [0.3, 0.4) is 0 Å². The third kappa shape index (κ3) is 5.69. The number of halogens is 2. The number of hydrogen-bond acceptors (Lipinski definition) is 2. The third-order valence-corrected chi connectivity index (χ3v) is 3.17. The van der Waals surface area contributed by atoms with Gasteiger partial charge in [-0.15, -0.1) is 0 Å². The molecule has 0 atom stereocenters. The lowest BCUT2D eigenvalue weighted by Crippen LogP contribution is -2.25. The predicted octanol–water partition coefficient (Wildman–Crippen LogP) is 4.10. The minimum absolute atomic E-state index is 0.0162. The van der Waals surface area contributed by atoms with Crippen molar-refractivity contribution < 1.29 is 13.6 Å². The molecule has 0 fully saturated rings. The quantitative estimate of drug-likeness (QED) is 0.674. The first-order valence-electron chi connectivity index (χ1n) is 7.61. The molecule has 0 unspecified atom stereocenters. The van der Waals surface area contributed by atoms with Crippen molar-refractivity contribution in [1.82, 2.24) is 5.32 Å². The summed E-state index contributed by atoms with van der Waals surface area (Å²) in [6, 6.07) is 2.14. The van der Waals surface area contributed by atoms with E-state index in [0.29, 0.717) is 13.1 Å². The van der Waals surface area contributed by atoms with E-state index in [1.54, 1.807) is 0 Å². The zero-order chi connectivity index (χ0) is 15.7. The molecule has 1 aromatic rings. The van der Waals surface area contributed by atoms with E-state index >= 15 is 0 Å². The second-order valence-corrected chi connectivity index (χ2v) is 5.06. The van der Waals surface area contributed by atoms with Crippen LogP contribution < -0.4 is 10.6 Å². The zero-order valence-corrected chi connectivity index (χ0v) is 12.8. The minimum atomic E-state index is -0.736. The molecule has 0 aliphatic rings. The molecule has 1 rings (SSSR count). The van der Waals surface area contributed by atoms with Gasteiger partial charge < -0.3 is 10.6 Å². The van der Waals surface area contributed by atoms with Crippen LogP contribution in [0.1, 0.15) is 56.3 Å². The fourth-order valence-corrected chi connectivity index (χ4v) is 1.98. The Morgan fingerprint density at radius 3 is 2.24 bits per heavy atom. The molecule has 3 nitrogen and oxygen atoms in total. The second-order valence-electron chi connectivity index (χ2n) is 5.06. The van der Waals surface area contributed by atoms with E-state index in [4.69, 9.17) is 0 Å². The number of carbonyl (C=O) groups is 1. The Balaban J connectivity index is 2.60. The Morgan fingerprint density at radius 1 is 1.00 bits per heavy atom. The van der Waals surface area contributed by atoms with E-state index in [1.807, 2.05) is 6.92 Å². The van der Waals surface area contributed by atoms with E-state index in [-0.39, 0.29) is 11.3 Å². The summed E-state index contributed by atoms with van der Waals surface area (Å²) in [6.45, 7) is 5.02. The van der Waals surface area contributed by atoms with Gasteiger partial charge in [0.2, 0.25) is 0 Å². The van der Waals surface area contributed by atoms with Gasteiger partial charge in [-0.2, -0.15) is 0 Å². The number of unbranched alkanes of at least 4 members (excludes halogenated alkanes) is 3. The number of rotatable bonds is 9. The Hall–Kier alpha value is -1.65. The molecule has 2 N–H and O–H groups in total. The molecule has 0 aliphatic carbocycles. The molecule has 1 aromatic carbocycles. The molecule has 0 aromatic heterocycles. The fraction of sp³-hybridized carbons (Fsp3) is 0.562. The maximum atomic E-state index is 13.8. The zero-order valence-electron chi connectivity index (χ0n) is 12.8. The first-order valence-corrected chi connectivity index (χ1v) is 7.61. The van der Waals surface area contributed by atoms with Gasteiger partial charge in [0.25, 0.3) is 5.91 Å². The van der Waals surface area contributed by atoms with Crippen LogP contribution in [0.4, 0.5) is 14.5 Å². The van der Waals surface area contributed by atoms with Gasteiger partial charge in [0.05, 0.1) is 0 Å². The first kappa shape index (κ1) is 17.4. The largest absolute Gasteiger partial charge is 0.380 e. The SMILES string of the molecule is CCCCCCNC(=O)c1cc(F)c(NCCC)c(F)c1. The molecule has 118 valence electrons. The van der Waals surface area contributed by atoms with Gasteiger partial charge >= 0.3 is 0 Å². The molecule has 0 radical (unpaired) electrons. The van der Waals surface area contributed by atoms with Crippen molar-refractivity contribution in [1.29, 1.82) is 0 Å². The molecule has 0 aliphatic heterocycles. The Morgan fingerprint density at radius 2 is 1.67 bits per heavy atom. The summed E-state index contributed by atoms with van der Waals surface area (Å²) in [5.74, 6) is -1.91. The van der Waals surface area contributed by atoms with Crippen LogP contribution in [-0.4, -0.2) is 19.0 Å². The first-order chi connectivity index (χ1) is 10.1. The van der Waals surface area contributed by atoms with E-state index in [1.165, 1.54) is 0 Å². The van der Waals surface area contributed by atoms with Gasteiger partial charge in [0, 0.05) is 18.7 Å². The summed E-state index contributed by atoms with van der Waals surface area (Å²) >= 11 is 0. The molecule has 21 heavy (non-hydrogen) atoms. The highest BCUT2D eigenvalue weighted by Crippen LogP contribution is 2.20. The Kier molecular flexibility index (Phi) is 7.72. The summed E-state index contributed by atoms with van der Waals surface area (Å²) in [7, 11) is 0. The summed E-state index contributed by atoms with van der Waals surface area (Å²) in [5, 5.41) is 5.36. The van der Waals surface area contributed by atoms with Crippen molar-refractivity contribution in [3.8, 4) is 0 Å². The van der Waals surface area contributed by atoms with E-state index < -0.39 is 17.5 Å². The average Bonchev–Trinajstić information content (AvgIpc) is 2.46. The van der Waals surface area contributed by atoms with Gasteiger partial charge in [0.15, 0.2) is 0 Å². The third-order valence-electron chi connectivity index (χ3n) is 3.17. The van der Waals surface area contributed by atoms with Crippen LogP contribution in [0.15, 0.2) is 12.1 Å². The number of hydrogen-bond donors (Lipinski definition) is 2. The van der Waals surface area contributed by atoms with Crippen LogP contribution >= 0.6 is 0 Å². The lowest BCUT2D eigenvalue weighted by molar-refractivity contribution is 0.0952. The van der Waals surface area contributed by atoms with Crippen molar-refractivity contribution in [2.45, 2.75) is 46.0 Å². The van der Waals surface area contributed by atoms with Crippen molar-refractivity contribution in [2.24, 2.45) is 0 Å². The summed E-state index contributed by atoms with van der Waals surface area (Å²) < 4.78 is 27.6. The van der Waals surface area contributed by atoms with Crippen LogP contribution in [-0.2, 0) is 0 Å². The number of benzene rings is 1. The molecular weight excluding hydrogens is 274 g/mol.